The molecule has 0 radical (unpaired) electrons. The van der Waals surface area contributed by atoms with Crippen LogP contribution in [-0.4, -0.2) is 26.5 Å². The number of hydrogen-bond acceptors (Lipinski definition) is 6. The first-order valence-electron chi connectivity index (χ1n) is 8.16. The van der Waals surface area contributed by atoms with Crippen LogP contribution in [0.1, 0.15) is 16.1 Å². The third-order valence-corrected chi connectivity index (χ3v) is 5.15. The summed E-state index contributed by atoms with van der Waals surface area (Å²) in [5, 5.41) is 0. The summed E-state index contributed by atoms with van der Waals surface area (Å²) in [5.74, 6) is 0.199. The summed E-state index contributed by atoms with van der Waals surface area (Å²) >= 11 is 1.42. The molecular formula is C19H15FN4O2S. The number of ether oxygens (including phenoxy) is 1. The highest BCUT2D eigenvalue weighted by Gasteiger charge is 2.16. The van der Waals surface area contributed by atoms with Gasteiger partial charge in [-0.25, -0.2) is 19.3 Å². The molecule has 0 unspecified atom stereocenters. The largest absolute Gasteiger partial charge is 0.496 e. The number of fused-ring (bicyclic) bond motifs is 1. The Morgan fingerprint density at radius 3 is 2.74 bits per heavy atom. The van der Waals surface area contributed by atoms with Crippen molar-refractivity contribution in [2.24, 2.45) is 0 Å². The second-order valence-electron chi connectivity index (χ2n) is 5.97. The molecule has 0 saturated heterocycles. The second-order valence-corrected chi connectivity index (χ2v) is 7.15. The fourth-order valence-corrected chi connectivity index (χ4v) is 4.06. The molecule has 8 heteroatoms. The van der Waals surface area contributed by atoms with Crippen LogP contribution in [0.3, 0.4) is 0 Å². The van der Waals surface area contributed by atoms with E-state index in [2.05, 4.69) is 15.0 Å². The molecule has 3 aromatic heterocycles. The van der Waals surface area contributed by atoms with E-state index < -0.39 is 0 Å². The molecule has 1 aromatic carbocycles. The van der Waals surface area contributed by atoms with Gasteiger partial charge in [0, 0.05) is 40.9 Å². The van der Waals surface area contributed by atoms with E-state index in [1.807, 2.05) is 6.92 Å². The van der Waals surface area contributed by atoms with Gasteiger partial charge >= 0.3 is 0 Å². The molecule has 4 aromatic rings. The standard InChI is InChI=1S/C19H15FN4O2S/c1-11-18(13-8-21-10-22-9-13)24-17(25)7-15(23-19(24)27-11)6-12-5-14(20)3-4-16(12)26-2/h3-5,7-10H,6H2,1-2H3. The maximum absolute atomic E-state index is 13.6. The van der Waals surface area contributed by atoms with Gasteiger partial charge in [0.05, 0.1) is 18.5 Å². The zero-order valence-electron chi connectivity index (χ0n) is 14.6. The van der Waals surface area contributed by atoms with Crippen LogP contribution in [0, 0.1) is 12.7 Å². The Bertz CT molecular complexity index is 1190. The zero-order chi connectivity index (χ0) is 19.0. The highest BCUT2D eigenvalue weighted by Crippen LogP contribution is 2.29. The van der Waals surface area contributed by atoms with Gasteiger partial charge in [-0.3, -0.25) is 9.20 Å². The molecule has 0 aliphatic heterocycles. The number of benzene rings is 1. The predicted molar refractivity (Wildman–Crippen MR) is 101 cm³/mol. The van der Waals surface area contributed by atoms with Crippen molar-refractivity contribution in [2.45, 2.75) is 13.3 Å². The van der Waals surface area contributed by atoms with Gasteiger partial charge in [-0.05, 0) is 25.1 Å². The minimum atomic E-state index is -0.359. The molecule has 4 rings (SSSR count). The van der Waals surface area contributed by atoms with Gasteiger partial charge in [0.15, 0.2) is 4.96 Å². The molecule has 136 valence electrons. The van der Waals surface area contributed by atoms with Gasteiger partial charge in [0.1, 0.15) is 17.9 Å². The van der Waals surface area contributed by atoms with Crippen molar-refractivity contribution >= 4 is 16.3 Å². The summed E-state index contributed by atoms with van der Waals surface area (Å²) in [6.45, 7) is 1.93. The Kier molecular flexibility index (Phi) is 4.41. The van der Waals surface area contributed by atoms with Gasteiger partial charge in [-0.1, -0.05) is 0 Å². The average molecular weight is 382 g/mol. The van der Waals surface area contributed by atoms with Crippen LogP contribution in [0.5, 0.6) is 5.75 Å². The average Bonchev–Trinajstić information content (AvgIpc) is 2.99. The molecule has 0 amide bonds. The Balaban J connectivity index is 1.83. The van der Waals surface area contributed by atoms with Crippen molar-refractivity contribution in [3.05, 3.63) is 75.3 Å². The molecule has 0 spiro atoms. The number of hydrogen-bond donors (Lipinski definition) is 0. The van der Waals surface area contributed by atoms with Gasteiger partial charge < -0.3 is 4.74 Å². The lowest BCUT2D eigenvalue weighted by molar-refractivity contribution is 0.409. The zero-order valence-corrected chi connectivity index (χ0v) is 15.5. The van der Waals surface area contributed by atoms with Crippen LogP contribution < -0.4 is 10.3 Å². The molecule has 3 heterocycles. The van der Waals surface area contributed by atoms with E-state index in [0.29, 0.717) is 28.4 Å². The minimum absolute atomic E-state index is 0.200. The van der Waals surface area contributed by atoms with Crippen LogP contribution in [0.2, 0.25) is 0 Å². The molecule has 0 saturated carbocycles. The molecule has 27 heavy (non-hydrogen) atoms. The first-order chi connectivity index (χ1) is 13.1. The van der Waals surface area contributed by atoms with Crippen molar-refractivity contribution in [2.75, 3.05) is 7.11 Å². The Labute approximate surface area is 158 Å². The third-order valence-electron chi connectivity index (χ3n) is 4.19. The molecule has 0 N–H and O–H groups in total. The van der Waals surface area contributed by atoms with Crippen molar-refractivity contribution in [1.29, 1.82) is 0 Å². The van der Waals surface area contributed by atoms with Crippen molar-refractivity contribution in [3.63, 3.8) is 0 Å². The summed E-state index contributed by atoms with van der Waals surface area (Å²) in [5.41, 5.74) is 2.49. The Hall–Kier alpha value is -3.13. The number of aromatic nitrogens is 4. The van der Waals surface area contributed by atoms with Crippen LogP contribution in [0.4, 0.5) is 4.39 Å². The Morgan fingerprint density at radius 2 is 2.00 bits per heavy atom. The number of halogens is 1. The van der Waals surface area contributed by atoms with E-state index in [9.17, 15) is 9.18 Å². The number of rotatable bonds is 4. The van der Waals surface area contributed by atoms with E-state index in [-0.39, 0.29) is 11.4 Å². The lowest BCUT2D eigenvalue weighted by Crippen LogP contribution is -2.15. The summed E-state index contributed by atoms with van der Waals surface area (Å²) in [7, 11) is 1.53. The monoisotopic (exact) mass is 382 g/mol. The first-order valence-corrected chi connectivity index (χ1v) is 8.98. The van der Waals surface area contributed by atoms with Crippen molar-refractivity contribution in [1.82, 2.24) is 19.4 Å². The molecule has 0 atom stereocenters. The van der Waals surface area contributed by atoms with Crippen LogP contribution in [0.25, 0.3) is 16.2 Å². The van der Waals surface area contributed by atoms with E-state index >= 15 is 0 Å². The highest BCUT2D eigenvalue weighted by molar-refractivity contribution is 7.17. The third kappa shape index (κ3) is 3.19. The number of thiazole rings is 1. The highest BCUT2D eigenvalue weighted by atomic mass is 32.1. The maximum atomic E-state index is 13.6. The minimum Gasteiger partial charge on any atom is -0.496 e. The maximum Gasteiger partial charge on any atom is 0.259 e. The molecule has 0 aliphatic carbocycles. The fourth-order valence-electron chi connectivity index (χ4n) is 3.05. The molecule has 6 nitrogen and oxygen atoms in total. The van der Waals surface area contributed by atoms with E-state index in [0.717, 1.165) is 16.1 Å². The summed E-state index contributed by atoms with van der Waals surface area (Å²) < 4.78 is 20.5. The quantitative estimate of drug-likeness (QED) is 0.542. The topological polar surface area (TPSA) is 69.4 Å². The fraction of sp³-hybridized carbons (Fsp3) is 0.158. The van der Waals surface area contributed by atoms with Gasteiger partial charge in [0.2, 0.25) is 0 Å². The number of methoxy groups -OCH3 is 1. The van der Waals surface area contributed by atoms with Crippen LogP contribution in [0.15, 0.2) is 47.8 Å². The van der Waals surface area contributed by atoms with Gasteiger partial charge in [-0.2, -0.15) is 0 Å². The summed E-state index contributed by atoms with van der Waals surface area (Å²) in [4.78, 5) is 27.0. The molecule has 0 bridgehead atoms. The normalized spacial score (nSPS) is 11.1. The number of nitrogens with zero attached hydrogens (tertiary/aromatic N) is 4. The lowest BCUT2D eigenvalue weighted by Gasteiger charge is -2.08. The summed E-state index contributed by atoms with van der Waals surface area (Å²) in [6.07, 6.45) is 5.07. The molecule has 0 fully saturated rings. The first kappa shape index (κ1) is 17.3. The number of aryl methyl sites for hydroxylation is 1. The van der Waals surface area contributed by atoms with Gasteiger partial charge in [0.25, 0.3) is 5.56 Å². The lowest BCUT2D eigenvalue weighted by atomic mass is 10.1. The van der Waals surface area contributed by atoms with Crippen LogP contribution in [-0.2, 0) is 6.42 Å². The molecular weight excluding hydrogens is 367 g/mol. The van der Waals surface area contributed by atoms with E-state index in [1.165, 1.54) is 43.0 Å². The second kappa shape index (κ2) is 6.88. The van der Waals surface area contributed by atoms with Crippen molar-refractivity contribution < 1.29 is 9.13 Å². The van der Waals surface area contributed by atoms with E-state index in [1.54, 1.807) is 22.9 Å². The SMILES string of the molecule is COc1ccc(F)cc1Cc1cc(=O)n2c(-c3cncnc3)c(C)sc2n1. The summed E-state index contributed by atoms with van der Waals surface area (Å²) in [6, 6.07) is 5.77. The smallest absolute Gasteiger partial charge is 0.259 e. The predicted octanol–water partition coefficient (Wildman–Crippen LogP) is 3.26. The van der Waals surface area contributed by atoms with Gasteiger partial charge in [-0.15, -0.1) is 11.3 Å². The molecule has 0 aliphatic rings. The van der Waals surface area contributed by atoms with Crippen molar-refractivity contribution in [3.8, 4) is 17.0 Å². The van der Waals surface area contributed by atoms with Crippen LogP contribution >= 0.6 is 11.3 Å². The Morgan fingerprint density at radius 1 is 1.22 bits per heavy atom. The van der Waals surface area contributed by atoms with E-state index in [4.69, 9.17) is 4.74 Å².